The molecular formula is C20H15F3N2O. The van der Waals surface area contributed by atoms with E-state index in [0.717, 1.165) is 17.2 Å². The minimum absolute atomic E-state index is 0.103. The maximum absolute atomic E-state index is 13.1. The van der Waals surface area contributed by atoms with Gasteiger partial charge in [0.2, 0.25) is 0 Å². The van der Waals surface area contributed by atoms with E-state index in [1.165, 1.54) is 6.07 Å². The summed E-state index contributed by atoms with van der Waals surface area (Å²) >= 11 is 0. The lowest BCUT2D eigenvalue weighted by atomic mass is 10.0. The molecule has 1 aromatic heterocycles. The summed E-state index contributed by atoms with van der Waals surface area (Å²) in [5.41, 5.74) is 1.03. The van der Waals surface area contributed by atoms with Gasteiger partial charge in [0.15, 0.2) is 5.82 Å². The second-order valence-corrected chi connectivity index (χ2v) is 5.57. The molecule has 2 aromatic carbocycles. The number of hydrogen-bond acceptors (Lipinski definition) is 3. The minimum Gasteiger partial charge on any atom is -0.392 e. The van der Waals surface area contributed by atoms with E-state index in [1.807, 2.05) is 60.7 Å². The van der Waals surface area contributed by atoms with Crippen LogP contribution >= 0.6 is 0 Å². The Morgan fingerprint density at radius 2 is 1.42 bits per heavy atom. The number of benzene rings is 2. The fraction of sp³-hybridized carbons (Fsp3) is 0.100. The molecule has 3 aromatic rings. The molecule has 0 saturated heterocycles. The fourth-order valence-electron chi connectivity index (χ4n) is 2.47. The van der Waals surface area contributed by atoms with E-state index < -0.39 is 18.5 Å². The third-order valence-electron chi connectivity index (χ3n) is 3.67. The first kappa shape index (κ1) is 17.8. The smallest absolute Gasteiger partial charge is 0.392 e. The first-order valence-corrected chi connectivity index (χ1v) is 7.86. The normalized spacial score (nSPS) is 11.2. The molecule has 0 bridgehead atoms. The Kier molecular flexibility index (Phi) is 5.14. The zero-order valence-corrected chi connectivity index (χ0v) is 13.6. The molecule has 0 spiro atoms. The predicted molar refractivity (Wildman–Crippen MR) is 93.3 cm³/mol. The maximum Gasteiger partial charge on any atom is 0.433 e. The van der Waals surface area contributed by atoms with Crippen molar-refractivity contribution in [2.24, 2.45) is 4.99 Å². The monoisotopic (exact) mass is 356 g/mol. The number of aliphatic hydroxyl groups is 1. The predicted octanol–water partition coefficient (Wildman–Crippen LogP) is 4.76. The summed E-state index contributed by atoms with van der Waals surface area (Å²) in [6.07, 6.45) is -4.62. The number of aliphatic hydroxyl groups excluding tert-OH is 1. The lowest BCUT2D eigenvalue weighted by Crippen LogP contribution is -2.09. The van der Waals surface area contributed by atoms with E-state index in [4.69, 9.17) is 0 Å². The van der Waals surface area contributed by atoms with Crippen LogP contribution in [0.25, 0.3) is 0 Å². The Morgan fingerprint density at radius 1 is 0.885 bits per heavy atom. The van der Waals surface area contributed by atoms with Gasteiger partial charge in [-0.1, -0.05) is 60.7 Å². The number of rotatable bonds is 4. The highest BCUT2D eigenvalue weighted by Crippen LogP contribution is 2.30. The molecule has 3 rings (SSSR count). The first-order valence-electron chi connectivity index (χ1n) is 7.86. The van der Waals surface area contributed by atoms with Gasteiger partial charge in [0, 0.05) is 11.1 Å². The van der Waals surface area contributed by atoms with Crippen LogP contribution in [0, 0.1) is 0 Å². The molecule has 0 saturated carbocycles. The molecule has 0 fully saturated rings. The average molecular weight is 356 g/mol. The van der Waals surface area contributed by atoms with Crippen LogP contribution in [0.3, 0.4) is 0 Å². The Hall–Kier alpha value is -2.99. The van der Waals surface area contributed by atoms with Crippen molar-refractivity contribution >= 4 is 11.5 Å². The highest BCUT2D eigenvalue weighted by Gasteiger charge is 2.33. The van der Waals surface area contributed by atoms with Gasteiger partial charge in [-0.25, -0.2) is 9.98 Å². The molecule has 0 aliphatic heterocycles. The molecule has 1 N–H and O–H groups in total. The third kappa shape index (κ3) is 4.15. The van der Waals surface area contributed by atoms with Crippen molar-refractivity contribution in [1.29, 1.82) is 0 Å². The van der Waals surface area contributed by atoms with E-state index >= 15 is 0 Å². The molecule has 0 aliphatic carbocycles. The number of pyridine rings is 1. The summed E-state index contributed by atoms with van der Waals surface area (Å²) in [6, 6.07) is 20.5. The zero-order valence-electron chi connectivity index (χ0n) is 13.6. The van der Waals surface area contributed by atoms with Crippen molar-refractivity contribution < 1.29 is 18.3 Å². The minimum atomic E-state index is -4.62. The van der Waals surface area contributed by atoms with Gasteiger partial charge in [-0.2, -0.15) is 13.2 Å². The Labute approximate surface area is 148 Å². The number of aromatic nitrogens is 1. The van der Waals surface area contributed by atoms with Gasteiger partial charge in [-0.3, -0.25) is 0 Å². The van der Waals surface area contributed by atoms with Crippen LogP contribution in [0.1, 0.15) is 22.4 Å². The van der Waals surface area contributed by atoms with Crippen LogP contribution in [0.2, 0.25) is 0 Å². The van der Waals surface area contributed by atoms with Crippen molar-refractivity contribution in [2.75, 3.05) is 0 Å². The molecular weight excluding hydrogens is 341 g/mol. The van der Waals surface area contributed by atoms with Crippen molar-refractivity contribution in [3.05, 3.63) is 95.2 Å². The molecule has 132 valence electrons. The van der Waals surface area contributed by atoms with Crippen LogP contribution in [-0.4, -0.2) is 15.8 Å². The van der Waals surface area contributed by atoms with E-state index in [2.05, 4.69) is 9.98 Å². The van der Waals surface area contributed by atoms with Crippen molar-refractivity contribution in [3.8, 4) is 0 Å². The van der Waals surface area contributed by atoms with Crippen LogP contribution in [-0.2, 0) is 12.8 Å². The number of alkyl halides is 3. The van der Waals surface area contributed by atoms with E-state index in [-0.39, 0.29) is 11.4 Å². The van der Waals surface area contributed by atoms with Gasteiger partial charge in [0.1, 0.15) is 5.69 Å². The van der Waals surface area contributed by atoms with Crippen molar-refractivity contribution in [2.45, 2.75) is 12.8 Å². The molecule has 0 radical (unpaired) electrons. The molecule has 0 amide bonds. The Bertz CT molecular complexity index is 866. The molecule has 1 heterocycles. The van der Waals surface area contributed by atoms with Crippen LogP contribution in [0.4, 0.5) is 19.0 Å². The Balaban J connectivity index is 2.17. The SMILES string of the molecule is OCc1cc(N=C(c2ccccc2)c2ccccc2)nc(C(F)(F)F)c1. The zero-order chi connectivity index (χ0) is 18.6. The first-order chi connectivity index (χ1) is 12.5. The second-order valence-electron chi connectivity index (χ2n) is 5.57. The second kappa shape index (κ2) is 7.49. The molecule has 6 heteroatoms. The third-order valence-corrected chi connectivity index (χ3v) is 3.67. The van der Waals surface area contributed by atoms with E-state index in [0.29, 0.717) is 5.71 Å². The van der Waals surface area contributed by atoms with Gasteiger partial charge in [-0.15, -0.1) is 0 Å². The lowest BCUT2D eigenvalue weighted by Gasteiger charge is -2.11. The molecule has 3 nitrogen and oxygen atoms in total. The quantitative estimate of drug-likeness (QED) is 0.685. The largest absolute Gasteiger partial charge is 0.433 e. The summed E-state index contributed by atoms with van der Waals surface area (Å²) in [5, 5.41) is 9.28. The molecule has 0 aliphatic rings. The molecule has 26 heavy (non-hydrogen) atoms. The number of hydrogen-bond donors (Lipinski definition) is 1. The summed E-state index contributed by atoms with van der Waals surface area (Å²) in [7, 11) is 0. The van der Waals surface area contributed by atoms with Gasteiger partial charge in [-0.05, 0) is 17.7 Å². The Morgan fingerprint density at radius 3 is 1.88 bits per heavy atom. The highest BCUT2D eigenvalue weighted by atomic mass is 19.4. The van der Waals surface area contributed by atoms with Gasteiger partial charge in [0.05, 0.1) is 12.3 Å². The van der Waals surface area contributed by atoms with Gasteiger partial charge < -0.3 is 5.11 Å². The highest BCUT2D eigenvalue weighted by molar-refractivity contribution is 6.13. The maximum atomic E-state index is 13.1. The fourth-order valence-corrected chi connectivity index (χ4v) is 2.47. The van der Waals surface area contributed by atoms with E-state index in [1.54, 1.807) is 0 Å². The number of aliphatic imine (C=N–C) groups is 1. The van der Waals surface area contributed by atoms with Crippen molar-refractivity contribution in [3.63, 3.8) is 0 Å². The number of halogens is 3. The standard InChI is InChI=1S/C20H15F3N2O/c21-20(22,23)17-11-14(13-26)12-18(24-17)25-19(15-7-3-1-4-8-15)16-9-5-2-6-10-16/h1-12,26H,13H2. The lowest BCUT2D eigenvalue weighted by molar-refractivity contribution is -0.141. The summed E-state index contributed by atoms with van der Waals surface area (Å²) in [6.45, 7) is -0.528. The summed E-state index contributed by atoms with van der Waals surface area (Å²) in [4.78, 5) is 8.00. The number of nitrogens with zero attached hydrogens (tertiary/aromatic N) is 2. The van der Waals surface area contributed by atoms with Crippen LogP contribution in [0.5, 0.6) is 0 Å². The summed E-state index contributed by atoms with van der Waals surface area (Å²) in [5.74, 6) is -0.105. The van der Waals surface area contributed by atoms with Crippen molar-refractivity contribution in [1.82, 2.24) is 4.98 Å². The molecule has 0 unspecified atom stereocenters. The van der Waals surface area contributed by atoms with Crippen LogP contribution < -0.4 is 0 Å². The van der Waals surface area contributed by atoms with Gasteiger partial charge in [0.25, 0.3) is 0 Å². The van der Waals surface area contributed by atoms with E-state index in [9.17, 15) is 18.3 Å². The summed E-state index contributed by atoms with van der Waals surface area (Å²) < 4.78 is 39.2. The average Bonchev–Trinajstić information content (AvgIpc) is 2.66. The topological polar surface area (TPSA) is 45.5 Å². The molecule has 0 atom stereocenters. The van der Waals surface area contributed by atoms with Crippen LogP contribution in [0.15, 0.2) is 77.8 Å². The van der Waals surface area contributed by atoms with Gasteiger partial charge >= 0.3 is 6.18 Å².